The highest BCUT2D eigenvalue weighted by Crippen LogP contribution is 2.33. The Bertz CT molecular complexity index is 926. The molecule has 2 aromatic heterocycles. The zero-order valence-corrected chi connectivity index (χ0v) is 17.4. The third kappa shape index (κ3) is 5.29. The van der Waals surface area contributed by atoms with Crippen LogP contribution in [0.3, 0.4) is 0 Å². The van der Waals surface area contributed by atoms with E-state index in [1.807, 2.05) is 17.9 Å². The Balaban J connectivity index is 1.79. The van der Waals surface area contributed by atoms with Crippen molar-refractivity contribution in [1.82, 2.24) is 20.2 Å². The summed E-state index contributed by atoms with van der Waals surface area (Å²) in [5.74, 6) is -0.656. The molecule has 0 aromatic carbocycles. The van der Waals surface area contributed by atoms with Crippen LogP contribution in [0.4, 0.5) is 19.0 Å². The van der Waals surface area contributed by atoms with Crippen molar-refractivity contribution in [2.24, 2.45) is 0 Å². The van der Waals surface area contributed by atoms with Crippen molar-refractivity contribution in [3.63, 3.8) is 0 Å². The maximum Gasteiger partial charge on any atom is 0.397 e. The van der Waals surface area contributed by atoms with Gasteiger partial charge in [-0.15, -0.1) is 11.3 Å². The summed E-state index contributed by atoms with van der Waals surface area (Å²) in [5.41, 5.74) is 0. The lowest BCUT2D eigenvalue weighted by Crippen LogP contribution is -2.49. The Morgan fingerprint density at radius 2 is 1.93 bits per heavy atom. The maximum atomic E-state index is 12.5. The molecule has 1 fully saturated rings. The van der Waals surface area contributed by atoms with Crippen LogP contribution in [0.25, 0.3) is 10.2 Å². The molecule has 0 spiro atoms. The molecule has 1 aliphatic rings. The van der Waals surface area contributed by atoms with Crippen LogP contribution in [0.1, 0.15) is 18.2 Å². The minimum Gasteiger partial charge on any atom is -0.453 e. The fourth-order valence-electron chi connectivity index (χ4n) is 3.07. The molecule has 0 saturated carbocycles. The van der Waals surface area contributed by atoms with Crippen LogP contribution in [0.15, 0.2) is 6.07 Å². The van der Waals surface area contributed by atoms with Gasteiger partial charge in [-0.25, -0.2) is 0 Å². The number of piperazine rings is 1. The number of anilines is 1. The second kappa shape index (κ2) is 9.02. The number of nitrogens with one attached hydrogen (secondary N) is 1. The number of aromatic nitrogens is 2. The molecule has 0 atom stereocenters. The summed E-state index contributed by atoms with van der Waals surface area (Å²) in [6.45, 7) is 2.79. The average molecular weight is 445 g/mol. The zero-order valence-electron chi connectivity index (χ0n) is 16.6. The van der Waals surface area contributed by atoms with Gasteiger partial charge in [-0.2, -0.15) is 23.1 Å². The smallest absolute Gasteiger partial charge is 0.397 e. The van der Waals surface area contributed by atoms with Crippen LogP contribution < -0.4 is 15.0 Å². The first kappa shape index (κ1) is 22.1. The molecule has 3 rings (SSSR count). The van der Waals surface area contributed by atoms with E-state index in [9.17, 15) is 22.8 Å². The van der Waals surface area contributed by atoms with Gasteiger partial charge in [0.1, 0.15) is 17.1 Å². The Morgan fingerprint density at radius 1 is 1.23 bits per heavy atom. The highest BCUT2D eigenvalue weighted by atomic mass is 32.1. The van der Waals surface area contributed by atoms with Crippen LogP contribution in [0, 0.1) is 0 Å². The molecule has 1 saturated heterocycles. The zero-order chi connectivity index (χ0) is 21.9. The standard InChI is InChI=1S/C18H22F3N5O3S/c1-3-11-8-12-15(23-17(24-16(12)30-11)29-10-13(27)22-2)26-6-4-25(5-7-26)14(28)9-18(19,20)21/h8H,3-7,9-10H2,1-2H3,(H,22,27). The lowest BCUT2D eigenvalue weighted by atomic mass is 10.2. The Morgan fingerprint density at radius 3 is 2.53 bits per heavy atom. The van der Waals surface area contributed by atoms with Gasteiger partial charge < -0.3 is 19.9 Å². The summed E-state index contributed by atoms with van der Waals surface area (Å²) in [4.78, 5) is 37.1. The third-order valence-electron chi connectivity index (χ3n) is 4.65. The Labute approximate surface area is 175 Å². The van der Waals surface area contributed by atoms with E-state index in [0.29, 0.717) is 23.7 Å². The van der Waals surface area contributed by atoms with Gasteiger partial charge in [-0.05, 0) is 12.5 Å². The molecule has 2 amide bonds. The number of nitrogens with zero attached hydrogens (tertiary/aromatic N) is 4. The van der Waals surface area contributed by atoms with Gasteiger partial charge in [0, 0.05) is 38.1 Å². The molecule has 8 nitrogen and oxygen atoms in total. The quantitative estimate of drug-likeness (QED) is 0.732. The van der Waals surface area contributed by atoms with E-state index in [4.69, 9.17) is 4.74 Å². The molecular formula is C18H22F3N5O3S. The monoisotopic (exact) mass is 445 g/mol. The third-order valence-corrected chi connectivity index (χ3v) is 5.82. The summed E-state index contributed by atoms with van der Waals surface area (Å²) < 4.78 is 42.9. The number of amides is 2. The van der Waals surface area contributed by atoms with Crippen molar-refractivity contribution in [2.75, 3.05) is 44.7 Å². The predicted molar refractivity (Wildman–Crippen MR) is 106 cm³/mol. The number of thiophene rings is 1. The van der Waals surface area contributed by atoms with E-state index in [0.717, 1.165) is 16.7 Å². The Kier molecular flexibility index (Phi) is 6.64. The van der Waals surface area contributed by atoms with E-state index in [2.05, 4.69) is 15.3 Å². The van der Waals surface area contributed by atoms with Gasteiger partial charge in [0.15, 0.2) is 6.61 Å². The highest BCUT2D eigenvalue weighted by Gasteiger charge is 2.34. The number of hydrogen-bond acceptors (Lipinski definition) is 7. The van der Waals surface area contributed by atoms with Crippen LogP contribution >= 0.6 is 11.3 Å². The number of ether oxygens (including phenoxy) is 1. The van der Waals surface area contributed by atoms with Crippen molar-refractivity contribution >= 4 is 39.2 Å². The van der Waals surface area contributed by atoms with Crippen molar-refractivity contribution in [3.05, 3.63) is 10.9 Å². The van der Waals surface area contributed by atoms with E-state index < -0.39 is 18.5 Å². The number of aryl methyl sites for hydroxylation is 1. The summed E-state index contributed by atoms with van der Waals surface area (Å²) in [6.07, 6.45) is -5.15. The van der Waals surface area contributed by atoms with Gasteiger partial charge in [0.05, 0.1) is 5.39 Å². The molecule has 2 aromatic rings. The van der Waals surface area contributed by atoms with Crippen LogP contribution in [-0.4, -0.2) is 72.7 Å². The van der Waals surface area contributed by atoms with Crippen molar-refractivity contribution in [3.8, 4) is 6.01 Å². The number of carbonyl (C=O) groups is 2. The van der Waals surface area contributed by atoms with Gasteiger partial charge in [0.25, 0.3) is 5.91 Å². The molecule has 30 heavy (non-hydrogen) atoms. The highest BCUT2D eigenvalue weighted by molar-refractivity contribution is 7.18. The SMILES string of the molecule is CCc1cc2c(N3CCN(C(=O)CC(F)(F)F)CC3)nc(OCC(=O)NC)nc2s1. The van der Waals surface area contributed by atoms with E-state index in [1.165, 1.54) is 23.3 Å². The largest absolute Gasteiger partial charge is 0.453 e. The Hall–Kier alpha value is -2.63. The van der Waals surface area contributed by atoms with Gasteiger partial charge >= 0.3 is 12.2 Å². The molecular weight excluding hydrogens is 423 g/mol. The molecule has 0 unspecified atom stereocenters. The van der Waals surface area contributed by atoms with E-state index >= 15 is 0 Å². The topological polar surface area (TPSA) is 87.7 Å². The molecule has 1 aliphatic heterocycles. The normalized spacial score (nSPS) is 14.8. The number of rotatable bonds is 6. The molecule has 0 radical (unpaired) electrons. The van der Waals surface area contributed by atoms with E-state index in [1.54, 1.807) is 0 Å². The minimum absolute atomic E-state index is 0.0566. The first-order valence-electron chi connectivity index (χ1n) is 9.43. The minimum atomic E-state index is -4.52. The number of halogens is 3. The lowest BCUT2D eigenvalue weighted by Gasteiger charge is -2.35. The van der Waals surface area contributed by atoms with Crippen molar-refractivity contribution in [1.29, 1.82) is 0 Å². The number of fused-ring (bicyclic) bond motifs is 1. The molecule has 3 heterocycles. The molecule has 0 aliphatic carbocycles. The summed E-state index contributed by atoms with van der Waals surface area (Å²) in [7, 11) is 1.49. The van der Waals surface area contributed by atoms with Crippen LogP contribution in [0.2, 0.25) is 0 Å². The maximum absolute atomic E-state index is 12.5. The first-order valence-corrected chi connectivity index (χ1v) is 10.2. The summed E-state index contributed by atoms with van der Waals surface area (Å²) in [5, 5.41) is 3.27. The van der Waals surface area contributed by atoms with Gasteiger partial charge in [-0.1, -0.05) is 6.92 Å². The summed E-state index contributed by atoms with van der Waals surface area (Å²) in [6, 6.07) is 2.04. The number of likely N-dealkylation sites (N-methyl/N-ethyl adjacent to an activating group) is 1. The molecule has 1 N–H and O–H groups in total. The number of carbonyl (C=O) groups excluding carboxylic acids is 2. The molecule has 164 valence electrons. The average Bonchev–Trinajstić information content (AvgIpc) is 3.13. The second-order valence-electron chi connectivity index (χ2n) is 6.74. The van der Waals surface area contributed by atoms with Crippen molar-refractivity contribution < 1.29 is 27.5 Å². The van der Waals surface area contributed by atoms with Crippen LogP contribution in [0.5, 0.6) is 6.01 Å². The predicted octanol–water partition coefficient (Wildman–Crippen LogP) is 1.98. The van der Waals surface area contributed by atoms with E-state index in [-0.39, 0.29) is 31.6 Å². The molecule has 0 bridgehead atoms. The van der Waals surface area contributed by atoms with Gasteiger partial charge in [0.2, 0.25) is 5.91 Å². The number of hydrogen-bond donors (Lipinski definition) is 1. The second-order valence-corrected chi connectivity index (χ2v) is 7.85. The summed E-state index contributed by atoms with van der Waals surface area (Å²) >= 11 is 1.49. The van der Waals surface area contributed by atoms with Gasteiger partial charge in [-0.3, -0.25) is 9.59 Å². The lowest BCUT2D eigenvalue weighted by molar-refractivity contribution is -0.161. The number of alkyl halides is 3. The van der Waals surface area contributed by atoms with Crippen LogP contribution in [-0.2, 0) is 16.0 Å². The fraction of sp³-hybridized carbons (Fsp3) is 0.556. The molecule has 12 heteroatoms. The van der Waals surface area contributed by atoms with Crippen molar-refractivity contribution in [2.45, 2.75) is 25.9 Å². The first-order chi connectivity index (χ1) is 14.2. The fourth-order valence-corrected chi connectivity index (χ4v) is 4.02.